The number of carboxylic acid groups (broad SMARTS) is 1. The van der Waals surface area contributed by atoms with Gasteiger partial charge in [-0.05, 0) is 48.3 Å². The van der Waals surface area contributed by atoms with Gasteiger partial charge in [0.25, 0.3) is 0 Å². The van der Waals surface area contributed by atoms with E-state index in [4.69, 9.17) is 4.74 Å². The lowest BCUT2D eigenvalue weighted by Gasteiger charge is -2.67. The van der Waals surface area contributed by atoms with Gasteiger partial charge in [0.15, 0.2) is 0 Å². The first-order valence-corrected chi connectivity index (χ1v) is 10.7. The van der Waals surface area contributed by atoms with Gasteiger partial charge in [-0.2, -0.15) is 0 Å². The molecule has 31 heavy (non-hydrogen) atoms. The maximum Gasteiger partial charge on any atom is 0.339 e. The number of carboxylic acids is 1. The molecule has 7 nitrogen and oxygen atoms in total. The number of aromatic hydroxyl groups is 1. The minimum Gasteiger partial charge on any atom is -0.507 e. The van der Waals surface area contributed by atoms with E-state index in [0.717, 1.165) is 6.42 Å². The number of aryl methyl sites for hydroxylation is 1. The molecule has 6 atom stereocenters. The van der Waals surface area contributed by atoms with Gasteiger partial charge >= 0.3 is 5.97 Å². The van der Waals surface area contributed by atoms with Crippen LogP contribution in [0.5, 0.6) is 11.5 Å². The van der Waals surface area contributed by atoms with E-state index >= 15 is 0 Å². The molecule has 1 aromatic carbocycles. The monoisotopic (exact) mass is 432 g/mol. The van der Waals surface area contributed by atoms with Crippen LogP contribution in [0, 0.1) is 29.6 Å². The molecule has 2 fully saturated rings. The third kappa shape index (κ3) is 2.60. The summed E-state index contributed by atoms with van der Waals surface area (Å²) in [6, 6.07) is 1.55. The topological polar surface area (TPSA) is 127 Å². The average Bonchev–Trinajstić information content (AvgIpc) is 2.91. The number of phenols is 1. The van der Waals surface area contributed by atoms with Crippen LogP contribution < -0.4 is 4.74 Å². The summed E-state index contributed by atoms with van der Waals surface area (Å²) in [6.07, 6.45) is 2.42. The Hall–Kier alpha value is -2.09. The summed E-state index contributed by atoms with van der Waals surface area (Å²) in [7, 11) is 1.43. The predicted octanol–water partition coefficient (Wildman–Crippen LogP) is 2.59. The molecule has 2 unspecified atom stereocenters. The zero-order valence-electron chi connectivity index (χ0n) is 18.6. The van der Waals surface area contributed by atoms with Crippen LogP contribution in [0.2, 0.25) is 0 Å². The molecule has 170 valence electrons. The van der Waals surface area contributed by atoms with Crippen LogP contribution in [0.15, 0.2) is 17.7 Å². The second-order valence-electron chi connectivity index (χ2n) is 10.5. The number of aliphatic hydroxyl groups excluding tert-OH is 2. The summed E-state index contributed by atoms with van der Waals surface area (Å²) in [5.74, 6) is -2.24. The molecule has 2 saturated carbocycles. The van der Waals surface area contributed by atoms with Gasteiger partial charge in [-0.15, -0.1) is 0 Å². The zero-order chi connectivity index (χ0) is 23.1. The van der Waals surface area contributed by atoms with Crippen LogP contribution in [-0.2, 0) is 0 Å². The Bertz CT molecular complexity index is 981. The van der Waals surface area contributed by atoms with E-state index in [0.29, 0.717) is 23.3 Å². The summed E-state index contributed by atoms with van der Waals surface area (Å²) in [5.41, 5.74) is -1.79. The van der Waals surface area contributed by atoms with Crippen LogP contribution in [0.4, 0.5) is 0 Å². The smallest absolute Gasteiger partial charge is 0.339 e. The number of aromatic carboxylic acids is 1. The molecule has 0 radical (unpaired) electrons. The predicted molar refractivity (Wildman–Crippen MR) is 113 cm³/mol. The Morgan fingerprint density at radius 3 is 2.45 bits per heavy atom. The molecule has 7 heteroatoms. The number of allylic oxidation sites excluding steroid dienone is 1. The van der Waals surface area contributed by atoms with Crippen molar-refractivity contribution in [2.45, 2.75) is 58.2 Å². The van der Waals surface area contributed by atoms with E-state index in [2.05, 4.69) is 0 Å². The van der Waals surface area contributed by atoms with E-state index in [1.807, 2.05) is 26.8 Å². The number of carbonyl (C=O) groups is 1. The standard InChI is InChI=1S/C24H32O7/c1-11-6-15(31-5)17(19(26)16(11)21(28)29)14-9-23(4)18-12(8-22(2,3)20(18)27)7-13(10-25)24(14,23)30/h6-7,12,14,18,20,25-27,30H,8-10H2,1-5H3,(H,28,29)/t12?,14-,18?,20-,23-,24+/m1/s1. The van der Waals surface area contributed by atoms with E-state index in [9.17, 15) is 30.3 Å². The number of aliphatic hydroxyl groups is 3. The highest BCUT2D eigenvalue weighted by atomic mass is 16.5. The normalized spacial score (nSPS) is 38.0. The second-order valence-corrected chi connectivity index (χ2v) is 10.5. The van der Waals surface area contributed by atoms with Crippen LogP contribution in [0.25, 0.3) is 0 Å². The molecule has 4 rings (SSSR count). The highest BCUT2D eigenvalue weighted by Gasteiger charge is 2.73. The highest BCUT2D eigenvalue weighted by molar-refractivity contribution is 5.93. The van der Waals surface area contributed by atoms with Gasteiger partial charge in [-0.1, -0.05) is 26.8 Å². The van der Waals surface area contributed by atoms with Gasteiger partial charge in [-0.3, -0.25) is 0 Å². The Kier molecular flexibility index (Phi) is 4.78. The van der Waals surface area contributed by atoms with Gasteiger partial charge in [0.05, 0.1) is 19.8 Å². The lowest BCUT2D eigenvalue weighted by atomic mass is 9.39. The number of fused-ring (bicyclic) bond motifs is 3. The first kappa shape index (κ1) is 22.1. The zero-order valence-corrected chi connectivity index (χ0v) is 18.6. The molecule has 0 bridgehead atoms. The third-order valence-electron chi connectivity index (χ3n) is 8.46. The van der Waals surface area contributed by atoms with Crippen molar-refractivity contribution in [2.24, 2.45) is 22.7 Å². The summed E-state index contributed by atoms with van der Waals surface area (Å²) < 4.78 is 5.47. The van der Waals surface area contributed by atoms with E-state index in [-0.39, 0.29) is 35.0 Å². The van der Waals surface area contributed by atoms with E-state index in [1.165, 1.54) is 7.11 Å². The molecular weight excluding hydrogens is 400 g/mol. The fraction of sp³-hybridized carbons (Fsp3) is 0.625. The quantitative estimate of drug-likeness (QED) is 0.463. The fourth-order valence-corrected chi connectivity index (χ4v) is 6.96. The molecule has 0 spiro atoms. The minimum absolute atomic E-state index is 0.0291. The Morgan fingerprint density at radius 2 is 1.90 bits per heavy atom. The number of hydrogen-bond acceptors (Lipinski definition) is 6. The largest absolute Gasteiger partial charge is 0.507 e. The van der Waals surface area contributed by atoms with Crippen molar-refractivity contribution in [3.63, 3.8) is 0 Å². The number of benzene rings is 1. The van der Waals surface area contributed by atoms with Crippen LogP contribution in [0.1, 0.15) is 61.0 Å². The van der Waals surface area contributed by atoms with Crippen molar-refractivity contribution in [1.29, 1.82) is 0 Å². The van der Waals surface area contributed by atoms with E-state index in [1.54, 1.807) is 13.0 Å². The highest BCUT2D eigenvalue weighted by Crippen LogP contribution is 2.73. The summed E-state index contributed by atoms with van der Waals surface area (Å²) in [5, 5.41) is 54.0. The maximum atomic E-state index is 12.1. The van der Waals surface area contributed by atoms with Gasteiger partial charge in [0.1, 0.15) is 22.7 Å². The van der Waals surface area contributed by atoms with Crippen molar-refractivity contribution in [3.05, 3.63) is 34.4 Å². The Morgan fingerprint density at radius 1 is 1.26 bits per heavy atom. The first-order chi connectivity index (χ1) is 14.3. The summed E-state index contributed by atoms with van der Waals surface area (Å²) in [4.78, 5) is 11.8. The van der Waals surface area contributed by atoms with Crippen molar-refractivity contribution in [3.8, 4) is 11.5 Å². The molecule has 0 aliphatic heterocycles. The lowest BCUT2D eigenvalue weighted by molar-refractivity contribution is -0.213. The molecule has 0 aromatic heterocycles. The molecule has 0 saturated heterocycles. The minimum atomic E-state index is -1.54. The van der Waals surface area contributed by atoms with Crippen LogP contribution in [-0.4, -0.2) is 56.9 Å². The summed E-state index contributed by atoms with van der Waals surface area (Å²) in [6.45, 7) is 7.16. The number of methoxy groups -OCH3 is 1. The SMILES string of the molecule is COc1cc(C)c(C(=O)O)c(O)c1[C@H]1C[C@]2(C)C3C(C=C(CO)[C@]12O)CC(C)(C)[C@@H]3O. The number of hydrogen-bond donors (Lipinski definition) is 5. The summed E-state index contributed by atoms with van der Waals surface area (Å²) >= 11 is 0. The van der Waals surface area contributed by atoms with Crippen molar-refractivity contribution < 1.29 is 35.1 Å². The molecule has 3 aliphatic carbocycles. The van der Waals surface area contributed by atoms with Gasteiger partial charge in [-0.25, -0.2) is 4.79 Å². The third-order valence-corrected chi connectivity index (χ3v) is 8.46. The Balaban J connectivity index is 1.90. The molecule has 0 amide bonds. The molecule has 0 heterocycles. The molecule has 3 aliphatic rings. The second kappa shape index (κ2) is 6.70. The molecule has 5 N–H and O–H groups in total. The molecular formula is C24H32O7. The van der Waals surface area contributed by atoms with Crippen molar-refractivity contribution >= 4 is 5.97 Å². The van der Waals surface area contributed by atoms with Crippen LogP contribution >= 0.6 is 0 Å². The van der Waals surface area contributed by atoms with Gasteiger partial charge in [0.2, 0.25) is 0 Å². The van der Waals surface area contributed by atoms with Gasteiger partial charge < -0.3 is 30.3 Å². The van der Waals surface area contributed by atoms with Crippen molar-refractivity contribution in [1.82, 2.24) is 0 Å². The first-order valence-electron chi connectivity index (χ1n) is 10.7. The Labute approximate surface area is 182 Å². The van der Waals surface area contributed by atoms with E-state index < -0.39 is 34.8 Å². The number of rotatable bonds is 4. The number of ether oxygens (including phenoxy) is 1. The lowest BCUT2D eigenvalue weighted by Crippen LogP contribution is -2.69. The molecule has 1 aromatic rings. The van der Waals surface area contributed by atoms with Crippen LogP contribution in [0.3, 0.4) is 0 Å². The van der Waals surface area contributed by atoms with Crippen molar-refractivity contribution in [2.75, 3.05) is 13.7 Å². The fourth-order valence-electron chi connectivity index (χ4n) is 6.96. The average molecular weight is 433 g/mol. The maximum absolute atomic E-state index is 12.1. The van der Waals surface area contributed by atoms with Gasteiger partial charge in [0, 0.05) is 22.8 Å².